The number of hydrogen-bond donors (Lipinski definition) is 1. The molecular formula is C17H33NO3. The zero-order valence-electron chi connectivity index (χ0n) is 13.9. The number of nitrogens with one attached hydrogen (secondary N) is 1. The average Bonchev–Trinajstić information content (AvgIpc) is 2.49. The van der Waals surface area contributed by atoms with E-state index in [9.17, 15) is 9.59 Å². The maximum Gasteiger partial charge on any atom is 0.220 e. The fraction of sp³-hybridized carbons (Fsp3) is 0.882. The molecule has 0 aliphatic heterocycles. The van der Waals surface area contributed by atoms with Crippen molar-refractivity contribution in [1.82, 2.24) is 5.32 Å². The third kappa shape index (κ3) is 15.3. The largest absolute Gasteiger partial charge is 0.380 e. The highest BCUT2D eigenvalue weighted by atomic mass is 16.5. The first-order valence-electron chi connectivity index (χ1n) is 8.56. The van der Waals surface area contributed by atoms with Crippen LogP contribution in [0.3, 0.4) is 0 Å². The van der Waals surface area contributed by atoms with Crippen LogP contribution >= 0.6 is 0 Å². The van der Waals surface area contributed by atoms with E-state index in [1.54, 1.807) is 0 Å². The maximum absolute atomic E-state index is 11.5. The second-order valence-corrected chi connectivity index (χ2v) is 5.48. The van der Waals surface area contributed by atoms with E-state index < -0.39 is 0 Å². The molecule has 0 saturated carbocycles. The zero-order valence-corrected chi connectivity index (χ0v) is 13.9. The van der Waals surface area contributed by atoms with Gasteiger partial charge in [-0.25, -0.2) is 0 Å². The number of carbonyl (C=O) groups is 2. The van der Waals surface area contributed by atoms with Crippen LogP contribution in [0, 0.1) is 0 Å². The summed E-state index contributed by atoms with van der Waals surface area (Å²) in [6, 6.07) is 0. The van der Waals surface area contributed by atoms with Crippen LogP contribution in [0.1, 0.15) is 78.1 Å². The summed E-state index contributed by atoms with van der Waals surface area (Å²) in [6.45, 7) is 6.05. The van der Waals surface area contributed by atoms with E-state index in [1.165, 1.54) is 0 Å². The molecule has 1 N–H and O–H groups in total. The van der Waals surface area contributed by atoms with E-state index in [4.69, 9.17) is 4.74 Å². The van der Waals surface area contributed by atoms with Crippen LogP contribution in [0.4, 0.5) is 0 Å². The Morgan fingerprint density at radius 1 is 0.857 bits per heavy atom. The van der Waals surface area contributed by atoms with E-state index in [0.717, 1.165) is 58.0 Å². The lowest BCUT2D eigenvalue weighted by Crippen LogP contribution is -2.27. The lowest BCUT2D eigenvalue weighted by atomic mass is 10.1. The third-order valence-corrected chi connectivity index (χ3v) is 3.46. The number of unbranched alkanes of at least 4 members (excludes halogenated alkanes) is 5. The van der Waals surface area contributed by atoms with Gasteiger partial charge in [-0.15, -0.1) is 0 Å². The number of ketones is 1. The van der Waals surface area contributed by atoms with Crippen molar-refractivity contribution in [3.63, 3.8) is 0 Å². The minimum atomic E-state index is 0.121. The van der Waals surface area contributed by atoms with Crippen LogP contribution in [0.25, 0.3) is 0 Å². The van der Waals surface area contributed by atoms with E-state index >= 15 is 0 Å². The third-order valence-electron chi connectivity index (χ3n) is 3.46. The van der Waals surface area contributed by atoms with Gasteiger partial charge in [0.25, 0.3) is 0 Å². The van der Waals surface area contributed by atoms with Gasteiger partial charge in [0.15, 0.2) is 0 Å². The molecule has 0 aromatic carbocycles. The smallest absolute Gasteiger partial charge is 0.220 e. The molecule has 1 amide bonds. The fourth-order valence-electron chi connectivity index (χ4n) is 2.01. The molecule has 0 heterocycles. The molecule has 0 saturated heterocycles. The first kappa shape index (κ1) is 20.1. The highest BCUT2D eigenvalue weighted by Crippen LogP contribution is 2.08. The standard InChI is InChI=1S/C17H33NO3/c1-3-5-14-21-15-13-18-17(20)12-10-8-6-7-9-11-16(19)4-2/h3-15H2,1-2H3,(H,18,20). The Kier molecular flexibility index (Phi) is 14.8. The van der Waals surface area contributed by atoms with Crippen LogP contribution in [-0.2, 0) is 14.3 Å². The Bertz CT molecular complexity index is 267. The molecule has 0 atom stereocenters. The van der Waals surface area contributed by atoms with Gasteiger partial charge in [-0.1, -0.05) is 39.5 Å². The molecule has 124 valence electrons. The number of amides is 1. The highest BCUT2D eigenvalue weighted by Gasteiger charge is 2.01. The molecular weight excluding hydrogens is 266 g/mol. The Hall–Kier alpha value is -0.900. The van der Waals surface area contributed by atoms with Crippen molar-refractivity contribution in [3.8, 4) is 0 Å². The van der Waals surface area contributed by atoms with Gasteiger partial charge in [0.05, 0.1) is 6.61 Å². The van der Waals surface area contributed by atoms with Gasteiger partial charge < -0.3 is 10.1 Å². The molecule has 0 aromatic rings. The molecule has 0 rings (SSSR count). The molecule has 4 heteroatoms. The Morgan fingerprint density at radius 2 is 1.52 bits per heavy atom. The predicted molar refractivity (Wildman–Crippen MR) is 86.4 cm³/mol. The molecule has 0 bridgehead atoms. The summed E-state index contributed by atoms with van der Waals surface area (Å²) < 4.78 is 5.38. The summed E-state index contributed by atoms with van der Waals surface area (Å²) in [5.74, 6) is 0.478. The molecule has 0 aromatic heterocycles. The number of rotatable bonds is 15. The molecule has 0 unspecified atom stereocenters. The first-order chi connectivity index (χ1) is 10.2. The monoisotopic (exact) mass is 299 g/mol. The zero-order chi connectivity index (χ0) is 15.8. The van der Waals surface area contributed by atoms with Crippen molar-refractivity contribution < 1.29 is 14.3 Å². The van der Waals surface area contributed by atoms with Crippen molar-refractivity contribution in [2.45, 2.75) is 78.1 Å². The lowest BCUT2D eigenvalue weighted by molar-refractivity contribution is -0.121. The van der Waals surface area contributed by atoms with Gasteiger partial charge in [0.1, 0.15) is 5.78 Å². The quantitative estimate of drug-likeness (QED) is 0.470. The maximum atomic E-state index is 11.5. The predicted octanol–water partition coefficient (Wildman–Crippen LogP) is 3.63. The van der Waals surface area contributed by atoms with Crippen molar-refractivity contribution in [1.29, 1.82) is 0 Å². The summed E-state index contributed by atoms with van der Waals surface area (Å²) >= 11 is 0. The number of carbonyl (C=O) groups excluding carboxylic acids is 2. The van der Waals surface area contributed by atoms with Crippen molar-refractivity contribution in [2.24, 2.45) is 0 Å². The Morgan fingerprint density at radius 3 is 2.19 bits per heavy atom. The molecule has 0 fully saturated rings. The van der Waals surface area contributed by atoms with Crippen molar-refractivity contribution in [3.05, 3.63) is 0 Å². The van der Waals surface area contributed by atoms with Gasteiger partial charge in [0, 0.05) is 32.4 Å². The lowest BCUT2D eigenvalue weighted by Gasteiger charge is -2.06. The molecule has 21 heavy (non-hydrogen) atoms. The van der Waals surface area contributed by atoms with Crippen LogP contribution < -0.4 is 5.32 Å². The molecule has 4 nitrogen and oxygen atoms in total. The minimum absolute atomic E-state index is 0.121. The van der Waals surface area contributed by atoms with Gasteiger partial charge in [0.2, 0.25) is 5.91 Å². The summed E-state index contributed by atoms with van der Waals surface area (Å²) in [4.78, 5) is 22.6. The average molecular weight is 299 g/mol. The van der Waals surface area contributed by atoms with Gasteiger partial charge >= 0.3 is 0 Å². The summed E-state index contributed by atoms with van der Waals surface area (Å²) in [5.41, 5.74) is 0. The van der Waals surface area contributed by atoms with Gasteiger partial charge in [-0.2, -0.15) is 0 Å². The highest BCUT2D eigenvalue weighted by molar-refractivity contribution is 5.77. The van der Waals surface area contributed by atoms with Crippen molar-refractivity contribution in [2.75, 3.05) is 19.8 Å². The minimum Gasteiger partial charge on any atom is -0.380 e. The topological polar surface area (TPSA) is 55.4 Å². The van der Waals surface area contributed by atoms with Crippen LogP contribution in [-0.4, -0.2) is 31.4 Å². The Balaban J connectivity index is 3.21. The van der Waals surface area contributed by atoms with E-state index in [-0.39, 0.29) is 5.91 Å². The summed E-state index contributed by atoms with van der Waals surface area (Å²) in [5, 5.41) is 2.88. The van der Waals surface area contributed by atoms with Crippen LogP contribution in [0.5, 0.6) is 0 Å². The fourth-order valence-corrected chi connectivity index (χ4v) is 2.01. The van der Waals surface area contributed by atoms with E-state index in [2.05, 4.69) is 12.2 Å². The van der Waals surface area contributed by atoms with Crippen LogP contribution in [0.15, 0.2) is 0 Å². The second kappa shape index (κ2) is 15.5. The normalized spacial score (nSPS) is 10.6. The second-order valence-electron chi connectivity index (χ2n) is 5.48. The van der Waals surface area contributed by atoms with E-state index in [1.807, 2.05) is 6.92 Å². The van der Waals surface area contributed by atoms with Crippen molar-refractivity contribution >= 4 is 11.7 Å². The summed E-state index contributed by atoms with van der Waals surface area (Å²) in [6.07, 6.45) is 9.40. The van der Waals surface area contributed by atoms with Crippen LogP contribution in [0.2, 0.25) is 0 Å². The SMILES string of the molecule is CCCCOCCNC(=O)CCCCCCCC(=O)CC. The molecule has 0 radical (unpaired) electrons. The van der Waals surface area contributed by atoms with Gasteiger partial charge in [-0.05, 0) is 19.3 Å². The molecule has 0 spiro atoms. The number of hydrogen-bond acceptors (Lipinski definition) is 3. The van der Waals surface area contributed by atoms with E-state index in [0.29, 0.717) is 31.8 Å². The summed E-state index contributed by atoms with van der Waals surface area (Å²) in [7, 11) is 0. The molecule has 0 aliphatic carbocycles. The number of ether oxygens (including phenoxy) is 1. The number of Topliss-reactive ketones (excluding diaryl/α,β-unsaturated/α-hetero) is 1. The van der Waals surface area contributed by atoms with Gasteiger partial charge in [-0.3, -0.25) is 9.59 Å². The molecule has 0 aliphatic rings. The Labute approximate surface area is 130 Å². The first-order valence-corrected chi connectivity index (χ1v) is 8.56.